The van der Waals surface area contributed by atoms with E-state index in [1.165, 1.54) is 32.2 Å². The Labute approximate surface area is 95.7 Å². The highest BCUT2D eigenvalue weighted by Gasteiger charge is 2.38. The lowest BCUT2D eigenvalue weighted by atomic mass is 9.89. The minimum atomic E-state index is -0.594. The minimum absolute atomic E-state index is 0.594. The first-order chi connectivity index (χ1) is 7.29. The molecule has 0 amide bonds. The van der Waals surface area contributed by atoms with Gasteiger partial charge in [-0.3, -0.25) is 4.21 Å². The minimum Gasteiger partial charge on any atom is -0.316 e. The maximum absolute atomic E-state index is 11.2. The van der Waals surface area contributed by atoms with Crippen molar-refractivity contribution in [2.24, 2.45) is 17.8 Å². The highest BCUT2D eigenvalue weighted by molar-refractivity contribution is 7.84. The van der Waals surface area contributed by atoms with Gasteiger partial charge in [0.2, 0.25) is 0 Å². The van der Waals surface area contributed by atoms with Gasteiger partial charge in [0.05, 0.1) is 0 Å². The van der Waals surface area contributed by atoms with E-state index in [9.17, 15) is 4.21 Å². The van der Waals surface area contributed by atoms with E-state index in [1.807, 2.05) is 6.92 Å². The van der Waals surface area contributed by atoms with E-state index in [2.05, 4.69) is 5.32 Å². The molecule has 3 heteroatoms. The summed E-state index contributed by atoms with van der Waals surface area (Å²) in [6.45, 7) is 4.10. The number of fused-ring (bicyclic) bond motifs is 2. The van der Waals surface area contributed by atoms with Crippen LogP contribution in [-0.2, 0) is 10.8 Å². The monoisotopic (exact) mass is 229 g/mol. The van der Waals surface area contributed by atoms with Crippen LogP contribution in [0.5, 0.6) is 0 Å². The maximum Gasteiger partial charge on any atom is 0.0359 e. The fraction of sp³-hybridized carbons (Fsp3) is 1.00. The van der Waals surface area contributed by atoms with Crippen LogP contribution >= 0.6 is 0 Å². The molecule has 2 bridgehead atoms. The number of hydrogen-bond donors (Lipinski definition) is 1. The molecule has 4 atom stereocenters. The molecule has 15 heavy (non-hydrogen) atoms. The summed E-state index contributed by atoms with van der Waals surface area (Å²) in [6.07, 6.45) is 5.90. The van der Waals surface area contributed by atoms with Crippen LogP contribution in [0.4, 0.5) is 0 Å². The molecule has 1 N–H and O–H groups in total. The van der Waals surface area contributed by atoms with Gasteiger partial charge >= 0.3 is 0 Å². The maximum atomic E-state index is 11.2. The zero-order valence-corrected chi connectivity index (χ0v) is 10.5. The lowest BCUT2D eigenvalue weighted by molar-refractivity contribution is 0.321. The Morgan fingerprint density at radius 2 is 2.20 bits per heavy atom. The van der Waals surface area contributed by atoms with Gasteiger partial charge in [-0.25, -0.2) is 0 Å². The van der Waals surface area contributed by atoms with E-state index < -0.39 is 10.8 Å². The molecular weight excluding hydrogens is 206 g/mol. The summed E-state index contributed by atoms with van der Waals surface area (Å²) in [7, 11) is -0.594. The predicted octanol–water partition coefficient (Wildman–Crippen LogP) is 1.78. The van der Waals surface area contributed by atoms with Crippen LogP contribution in [0.2, 0.25) is 0 Å². The van der Waals surface area contributed by atoms with Crippen molar-refractivity contribution in [3.63, 3.8) is 0 Å². The van der Waals surface area contributed by atoms with Gasteiger partial charge in [0, 0.05) is 28.9 Å². The van der Waals surface area contributed by atoms with Gasteiger partial charge in [-0.05, 0) is 43.6 Å². The molecule has 2 aliphatic rings. The van der Waals surface area contributed by atoms with Crippen molar-refractivity contribution in [1.29, 1.82) is 0 Å². The normalized spacial score (nSPS) is 35.9. The summed E-state index contributed by atoms with van der Waals surface area (Å²) in [4.78, 5) is 0. The number of rotatable bonds is 6. The fourth-order valence-electron chi connectivity index (χ4n) is 3.24. The summed E-state index contributed by atoms with van der Waals surface area (Å²) < 4.78 is 11.2. The van der Waals surface area contributed by atoms with Crippen LogP contribution in [-0.4, -0.2) is 28.8 Å². The Kier molecular flexibility index (Phi) is 4.21. The van der Waals surface area contributed by atoms with Crippen molar-refractivity contribution in [3.8, 4) is 0 Å². The molecule has 2 rings (SSSR count). The summed E-state index contributed by atoms with van der Waals surface area (Å²) in [6, 6.07) is 0. The lowest BCUT2D eigenvalue weighted by Gasteiger charge is -2.21. The molecule has 0 aromatic carbocycles. The SMILES string of the molecule is CCS(=O)CCNCC1CC2CCC1C2. The molecule has 4 unspecified atom stereocenters. The topological polar surface area (TPSA) is 29.1 Å². The molecule has 0 aliphatic heterocycles. The molecule has 2 aliphatic carbocycles. The molecule has 0 saturated heterocycles. The van der Waals surface area contributed by atoms with Gasteiger partial charge in [0.15, 0.2) is 0 Å². The van der Waals surface area contributed by atoms with E-state index >= 15 is 0 Å². The smallest absolute Gasteiger partial charge is 0.0359 e. The molecule has 0 spiro atoms. The first-order valence-corrected chi connectivity index (χ1v) is 7.84. The van der Waals surface area contributed by atoms with E-state index in [-0.39, 0.29) is 0 Å². The van der Waals surface area contributed by atoms with Crippen molar-refractivity contribution < 1.29 is 4.21 Å². The summed E-state index contributed by atoms with van der Waals surface area (Å²) in [5.74, 6) is 4.62. The Hall–Kier alpha value is 0.110. The van der Waals surface area contributed by atoms with Crippen LogP contribution in [0, 0.1) is 17.8 Å². The van der Waals surface area contributed by atoms with E-state index in [0.29, 0.717) is 0 Å². The molecule has 0 radical (unpaired) electrons. The predicted molar refractivity (Wildman–Crippen MR) is 65.4 cm³/mol. The van der Waals surface area contributed by atoms with Gasteiger partial charge < -0.3 is 5.32 Å². The van der Waals surface area contributed by atoms with Gasteiger partial charge in [-0.2, -0.15) is 0 Å². The zero-order chi connectivity index (χ0) is 10.7. The highest BCUT2D eigenvalue weighted by atomic mass is 32.2. The second-order valence-electron chi connectivity index (χ2n) is 5.07. The third-order valence-electron chi connectivity index (χ3n) is 4.12. The first kappa shape index (κ1) is 11.6. The fourth-order valence-corrected chi connectivity index (χ4v) is 3.90. The summed E-state index contributed by atoms with van der Waals surface area (Å²) in [5.41, 5.74) is 0. The van der Waals surface area contributed by atoms with Crippen LogP contribution in [0.25, 0.3) is 0 Å². The second kappa shape index (κ2) is 5.44. The van der Waals surface area contributed by atoms with Gasteiger partial charge in [0.25, 0.3) is 0 Å². The van der Waals surface area contributed by atoms with Crippen LogP contribution in [0.15, 0.2) is 0 Å². The molecule has 2 fully saturated rings. The lowest BCUT2D eigenvalue weighted by Crippen LogP contribution is -2.29. The van der Waals surface area contributed by atoms with Crippen molar-refractivity contribution in [2.75, 3.05) is 24.6 Å². The third-order valence-corrected chi connectivity index (χ3v) is 5.42. The number of hydrogen-bond acceptors (Lipinski definition) is 2. The largest absolute Gasteiger partial charge is 0.316 e. The Morgan fingerprint density at radius 3 is 2.80 bits per heavy atom. The second-order valence-corrected chi connectivity index (χ2v) is 6.94. The van der Waals surface area contributed by atoms with E-state index in [0.717, 1.165) is 35.8 Å². The van der Waals surface area contributed by atoms with E-state index in [4.69, 9.17) is 0 Å². The van der Waals surface area contributed by atoms with Crippen LogP contribution in [0.1, 0.15) is 32.6 Å². The van der Waals surface area contributed by atoms with Crippen molar-refractivity contribution in [2.45, 2.75) is 32.6 Å². The van der Waals surface area contributed by atoms with Crippen LogP contribution in [0.3, 0.4) is 0 Å². The molecular formula is C12H23NOS. The number of nitrogens with one attached hydrogen (secondary N) is 1. The Bertz CT molecular complexity index is 232. The quantitative estimate of drug-likeness (QED) is 0.704. The molecule has 2 nitrogen and oxygen atoms in total. The van der Waals surface area contributed by atoms with Crippen molar-refractivity contribution >= 4 is 10.8 Å². The average molecular weight is 229 g/mol. The summed E-state index contributed by atoms with van der Waals surface area (Å²) >= 11 is 0. The van der Waals surface area contributed by atoms with Crippen molar-refractivity contribution in [3.05, 3.63) is 0 Å². The standard InChI is InChI=1S/C12H23NOS/c1-2-15(14)6-5-13-9-12-8-10-3-4-11(12)7-10/h10-13H,2-9H2,1H3. The molecule has 88 valence electrons. The average Bonchev–Trinajstić information content (AvgIpc) is 2.85. The van der Waals surface area contributed by atoms with Gasteiger partial charge in [-0.15, -0.1) is 0 Å². The molecule has 0 aromatic rings. The van der Waals surface area contributed by atoms with Crippen molar-refractivity contribution in [1.82, 2.24) is 5.32 Å². The summed E-state index contributed by atoms with van der Waals surface area (Å²) in [5, 5.41) is 3.48. The first-order valence-electron chi connectivity index (χ1n) is 6.35. The third kappa shape index (κ3) is 3.04. The van der Waals surface area contributed by atoms with Gasteiger partial charge in [0.1, 0.15) is 0 Å². The van der Waals surface area contributed by atoms with E-state index in [1.54, 1.807) is 0 Å². The highest BCUT2D eigenvalue weighted by Crippen LogP contribution is 2.47. The Morgan fingerprint density at radius 1 is 1.33 bits per heavy atom. The molecule has 0 aromatic heterocycles. The molecule has 2 saturated carbocycles. The Balaban J connectivity index is 1.57. The van der Waals surface area contributed by atoms with Crippen LogP contribution < -0.4 is 5.32 Å². The molecule has 0 heterocycles. The zero-order valence-electron chi connectivity index (χ0n) is 9.71. The van der Waals surface area contributed by atoms with Gasteiger partial charge in [-0.1, -0.05) is 13.3 Å².